The molecule has 2 atom stereocenters. The number of ether oxygens (including phenoxy) is 1. The number of hydrogen-bond acceptors (Lipinski definition) is 6. The van der Waals surface area contributed by atoms with E-state index in [0.29, 0.717) is 6.61 Å². The Morgan fingerprint density at radius 2 is 2.09 bits per heavy atom. The Bertz CT molecular complexity index is 486. The monoisotopic (exact) mass is 327 g/mol. The highest BCUT2D eigenvalue weighted by molar-refractivity contribution is 7.09. The normalized spacial score (nSPS) is 20.0. The summed E-state index contributed by atoms with van der Waals surface area (Å²) in [5, 5.41) is 12.2. The Balaban J connectivity index is 1.82. The molecule has 1 aliphatic rings. The number of carboxylic acids is 1. The fraction of sp³-hybridized carbons (Fsp3) is 0.733. The molecule has 2 heterocycles. The third-order valence-electron chi connectivity index (χ3n) is 4.03. The average Bonchev–Trinajstić information content (AvgIpc) is 2.96. The van der Waals surface area contributed by atoms with Gasteiger partial charge in [-0.05, 0) is 20.8 Å². The molecular weight excluding hydrogens is 302 g/mol. The highest BCUT2D eigenvalue weighted by Crippen LogP contribution is 2.22. The van der Waals surface area contributed by atoms with Gasteiger partial charge < -0.3 is 9.84 Å². The van der Waals surface area contributed by atoms with Crippen molar-refractivity contribution >= 4 is 17.3 Å². The highest BCUT2D eigenvalue weighted by atomic mass is 32.1. The standard InChI is InChI=1S/C15H25N3O3S/c1-4-21-12(3)14-16-13(10-22-14)9-17-5-7-18(8-6-17)11(2)15(19)20/h10-12H,4-9H2,1-3H3,(H,19,20). The van der Waals surface area contributed by atoms with Crippen molar-refractivity contribution in [1.29, 1.82) is 0 Å². The fourth-order valence-corrected chi connectivity index (χ4v) is 3.41. The number of aromatic nitrogens is 1. The maximum Gasteiger partial charge on any atom is 0.320 e. The van der Waals surface area contributed by atoms with E-state index in [1.54, 1.807) is 18.3 Å². The molecule has 2 rings (SSSR count). The summed E-state index contributed by atoms with van der Waals surface area (Å²) in [6, 6.07) is -0.403. The summed E-state index contributed by atoms with van der Waals surface area (Å²) in [4.78, 5) is 20.0. The Morgan fingerprint density at radius 3 is 2.68 bits per heavy atom. The van der Waals surface area contributed by atoms with Gasteiger partial charge in [0.15, 0.2) is 0 Å². The summed E-state index contributed by atoms with van der Waals surface area (Å²) in [5.74, 6) is -0.748. The lowest BCUT2D eigenvalue weighted by molar-refractivity contribution is -0.143. The van der Waals surface area contributed by atoms with Gasteiger partial charge in [0.2, 0.25) is 0 Å². The van der Waals surface area contributed by atoms with Crippen molar-refractivity contribution in [2.75, 3.05) is 32.8 Å². The van der Waals surface area contributed by atoms with Crippen LogP contribution in [0.2, 0.25) is 0 Å². The third-order valence-corrected chi connectivity index (χ3v) is 5.09. The molecule has 0 spiro atoms. The summed E-state index contributed by atoms with van der Waals surface area (Å²) >= 11 is 1.64. The SMILES string of the molecule is CCOC(C)c1nc(CN2CCN(C(C)C(=O)O)CC2)cs1. The van der Waals surface area contributed by atoms with Gasteiger partial charge in [-0.2, -0.15) is 0 Å². The summed E-state index contributed by atoms with van der Waals surface area (Å²) in [5.41, 5.74) is 1.08. The van der Waals surface area contributed by atoms with Crippen LogP contribution in [-0.4, -0.2) is 64.7 Å². The molecule has 2 unspecified atom stereocenters. The Labute approximate surface area is 135 Å². The Kier molecular flexibility index (Phi) is 6.31. The number of rotatable bonds is 7. The van der Waals surface area contributed by atoms with Gasteiger partial charge in [-0.3, -0.25) is 14.6 Å². The number of nitrogens with zero attached hydrogens (tertiary/aromatic N) is 3. The molecule has 0 amide bonds. The van der Waals surface area contributed by atoms with Crippen LogP contribution in [0.25, 0.3) is 0 Å². The van der Waals surface area contributed by atoms with Crippen molar-refractivity contribution in [2.24, 2.45) is 0 Å². The maximum atomic E-state index is 11.0. The van der Waals surface area contributed by atoms with Gasteiger partial charge in [0.25, 0.3) is 0 Å². The number of hydrogen-bond donors (Lipinski definition) is 1. The molecule has 1 aromatic rings. The molecule has 1 fully saturated rings. The van der Waals surface area contributed by atoms with Gasteiger partial charge >= 0.3 is 5.97 Å². The quantitative estimate of drug-likeness (QED) is 0.824. The van der Waals surface area contributed by atoms with E-state index in [1.807, 2.05) is 18.7 Å². The molecule has 1 saturated heterocycles. The molecule has 0 saturated carbocycles. The lowest BCUT2D eigenvalue weighted by atomic mass is 10.2. The van der Waals surface area contributed by atoms with Gasteiger partial charge in [0, 0.05) is 44.7 Å². The molecule has 6 nitrogen and oxygen atoms in total. The molecule has 0 aromatic carbocycles. The lowest BCUT2D eigenvalue weighted by Crippen LogP contribution is -2.51. The number of aliphatic carboxylic acids is 1. The molecule has 7 heteroatoms. The topological polar surface area (TPSA) is 65.9 Å². The van der Waals surface area contributed by atoms with E-state index in [9.17, 15) is 4.79 Å². The third kappa shape index (κ3) is 4.49. The predicted octanol–water partition coefficient (Wildman–Crippen LogP) is 1.83. The van der Waals surface area contributed by atoms with E-state index in [-0.39, 0.29) is 6.10 Å². The first-order valence-corrected chi connectivity index (χ1v) is 8.64. The predicted molar refractivity (Wildman–Crippen MR) is 86.1 cm³/mol. The van der Waals surface area contributed by atoms with E-state index in [1.165, 1.54) is 0 Å². The van der Waals surface area contributed by atoms with E-state index in [0.717, 1.165) is 43.4 Å². The second kappa shape index (κ2) is 8.01. The zero-order valence-corrected chi connectivity index (χ0v) is 14.3. The smallest absolute Gasteiger partial charge is 0.320 e. The van der Waals surface area contributed by atoms with Gasteiger partial charge in [-0.1, -0.05) is 0 Å². The number of carbonyl (C=O) groups is 1. The zero-order valence-electron chi connectivity index (χ0n) is 13.5. The molecule has 22 heavy (non-hydrogen) atoms. The van der Waals surface area contributed by atoms with Crippen LogP contribution in [0, 0.1) is 0 Å². The van der Waals surface area contributed by atoms with Crippen molar-refractivity contribution < 1.29 is 14.6 Å². The van der Waals surface area contributed by atoms with Crippen molar-refractivity contribution in [3.63, 3.8) is 0 Å². The van der Waals surface area contributed by atoms with E-state index in [4.69, 9.17) is 9.84 Å². The van der Waals surface area contributed by atoms with Crippen molar-refractivity contribution in [3.8, 4) is 0 Å². The van der Waals surface area contributed by atoms with Crippen molar-refractivity contribution in [1.82, 2.24) is 14.8 Å². The van der Waals surface area contributed by atoms with Crippen LogP contribution in [0.3, 0.4) is 0 Å². The molecule has 0 aliphatic carbocycles. The van der Waals surface area contributed by atoms with Gasteiger partial charge in [0.05, 0.1) is 5.69 Å². The number of carboxylic acid groups (broad SMARTS) is 1. The maximum absolute atomic E-state index is 11.0. The second-order valence-electron chi connectivity index (χ2n) is 5.60. The van der Waals surface area contributed by atoms with Gasteiger partial charge in [-0.25, -0.2) is 4.98 Å². The van der Waals surface area contributed by atoms with Crippen molar-refractivity contribution in [3.05, 3.63) is 16.1 Å². The van der Waals surface area contributed by atoms with E-state index in [2.05, 4.69) is 15.3 Å². The summed E-state index contributed by atoms with van der Waals surface area (Å²) in [6.45, 7) is 10.6. The molecule has 0 radical (unpaired) electrons. The van der Waals surface area contributed by atoms with Gasteiger partial charge in [0.1, 0.15) is 17.2 Å². The first-order chi connectivity index (χ1) is 10.5. The summed E-state index contributed by atoms with van der Waals surface area (Å²) in [7, 11) is 0. The zero-order chi connectivity index (χ0) is 16.1. The largest absolute Gasteiger partial charge is 0.480 e. The van der Waals surface area contributed by atoms with Crippen molar-refractivity contribution in [2.45, 2.75) is 39.5 Å². The van der Waals surface area contributed by atoms with E-state index < -0.39 is 12.0 Å². The highest BCUT2D eigenvalue weighted by Gasteiger charge is 2.25. The first-order valence-electron chi connectivity index (χ1n) is 7.76. The van der Waals surface area contributed by atoms with Crippen LogP contribution in [0.5, 0.6) is 0 Å². The van der Waals surface area contributed by atoms with Crippen LogP contribution < -0.4 is 0 Å². The fourth-order valence-electron chi connectivity index (χ4n) is 2.60. The minimum absolute atomic E-state index is 0.0528. The summed E-state index contributed by atoms with van der Waals surface area (Å²) < 4.78 is 5.57. The lowest BCUT2D eigenvalue weighted by Gasteiger charge is -2.36. The first kappa shape index (κ1) is 17.3. The average molecular weight is 327 g/mol. The minimum Gasteiger partial charge on any atom is -0.480 e. The second-order valence-corrected chi connectivity index (χ2v) is 6.49. The van der Waals surface area contributed by atoms with Gasteiger partial charge in [-0.15, -0.1) is 11.3 Å². The molecule has 1 aliphatic heterocycles. The molecule has 1 aromatic heterocycles. The van der Waals surface area contributed by atoms with Crippen LogP contribution in [-0.2, 0) is 16.1 Å². The molecule has 1 N–H and O–H groups in total. The van der Waals surface area contributed by atoms with Crippen LogP contribution in [0.1, 0.15) is 37.6 Å². The number of thiazole rings is 1. The van der Waals surface area contributed by atoms with E-state index >= 15 is 0 Å². The molecular formula is C15H25N3O3S. The minimum atomic E-state index is -0.748. The molecule has 124 valence electrons. The Morgan fingerprint density at radius 1 is 1.41 bits per heavy atom. The summed E-state index contributed by atoms with van der Waals surface area (Å²) in [6.07, 6.45) is 0.0528. The molecule has 0 bridgehead atoms. The van der Waals surface area contributed by atoms with Crippen LogP contribution in [0.4, 0.5) is 0 Å². The van der Waals surface area contributed by atoms with Crippen LogP contribution >= 0.6 is 11.3 Å². The van der Waals surface area contributed by atoms with Crippen LogP contribution in [0.15, 0.2) is 5.38 Å². The Hall–Kier alpha value is -1.02. The number of piperazine rings is 1.